The van der Waals surface area contributed by atoms with Gasteiger partial charge in [-0.2, -0.15) is 13.2 Å². The fourth-order valence-corrected chi connectivity index (χ4v) is 2.19. The van der Waals surface area contributed by atoms with Crippen molar-refractivity contribution < 1.29 is 31.9 Å². The van der Waals surface area contributed by atoms with Gasteiger partial charge in [0.2, 0.25) is 0 Å². The normalized spacial score (nSPS) is 11.1. The van der Waals surface area contributed by atoms with Crippen LogP contribution in [-0.4, -0.2) is 18.9 Å². The van der Waals surface area contributed by atoms with Crippen LogP contribution in [0.2, 0.25) is 0 Å². The summed E-state index contributed by atoms with van der Waals surface area (Å²) in [6, 6.07) is 8.99. The maximum absolute atomic E-state index is 13.2. The molecule has 0 saturated heterocycles. The molecule has 0 bridgehead atoms. The molecule has 2 amide bonds. The fraction of sp³-hybridized carbons (Fsp3) is 0.222. The van der Waals surface area contributed by atoms with Crippen LogP contribution >= 0.6 is 0 Å². The molecule has 0 heterocycles. The van der Waals surface area contributed by atoms with E-state index in [0.29, 0.717) is 18.7 Å². The lowest BCUT2D eigenvalue weighted by atomic mass is 10.1. The van der Waals surface area contributed by atoms with Crippen LogP contribution in [0.4, 0.5) is 23.2 Å². The van der Waals surface area contributed by atoms with Crippen molar-refractivity contribution in [1.29, 1.82) is 0 Å². The Bertz CT molecular complexity index is 820. The predicted molar refractivity (Wildman–Crippen MR) is 89.0 cm³/mol. The number of ether oxygens (including phenoxy) is 1. The summed E-state index contributed by atoms with van der Waals surface area (Å²) >= 11 is 0. The first-order chi connectivity index (χ1) is 12.7. The van der Waals surface area contributed by atoms with E-state index in [2.05, 4.69) is 5.32 Å². The zero-order chi connectivity index (χ0) is 20.0. The second-order valence-electron chi connectivity index (χ2n) is 5.58. The molecule has 0 radical (unpaired) electrons. The van der Waals surface area contributed by atoms with Crippen molar-refractivity contribution in [3.63, 3.8) is 0 Å². The Morgan fingerprint density at radius 2 is 1.63 bits per heavy atom. The molecule has 2 N–H and O–H groups in total. The fourth-order valence-electron chi connectivity index (χ4n) is 2.19. The lowest BCUT2D eigenvalue weighted by Crippen LogP contribution is -2.35. The number of rotatable bonds is 5. The average molecular weight is 384 g/mol. The van der Waals surface area contributed by atoms with Gasteiger partial charge in [0.1, 0.15) is 5.82 Å². The van der Waals surface area contributed by atoms with Crippen LogP contribution < -0.4 is 10.6 Å². The Morgan fingerprint density at radius 1 is 1.00 bits per heavy atom. The molecule has 0 aromatic heterocycles. The standard InChI is InChI=1S/C18H16F4N2O3/c1-27-10-12-4-2-11(3-5-12)9-23-16(25)17(26)24-13-6-7-15(19)14(8-13)18(20,21)22/h2-8H,9-10H2,1H3,(H,23,25)(H,24,26). The highest BCUT2D eigenvalue weighted by atomic mass is 19.4. The van der Waals surface area contributed by atoms with E-state index in [9.17, 15) is 27.2 Å². The molecule has 0 aliphatic heterocycles. The molecule has 0 unspecified atom stereocenters. The lowest BCUT2D eigenvalue weighted by Gasteiger charge is -2.11. The minimum Gasteiger partial charge on any atom is -0.380 e. The van der Waals surface area contributed by atoms with E-state index in [1.807, 2.05) is 5.32 Å². The van der Waals surface area contributed by atoms with Gasteiger partial charge in [-0.15, -0.1) is 0 Å². The zero-order valence-electron chi connectivity index (χ0n) is 14.2. The summed E-state index contributed by atoms with van der Waals surface area (Å²) in [4.78, 5) is 23.6. The van der Waals surface area contributed by atoms with Gasteiger partial charge in [-0.25, -0.2) is 4.39 Å². The van der Waals surface area contributed by atoms with Crippen molar-refractivity contribution in [2.75, 3.05) is 12.4 Å². The van der Waals surface area contributed by atoms with Crippen LogP contribution in [0.15, 0.2) is 42.5 Å². The molecule has 0 fully saturated rings. The van der Waals surface area contributed by atoms with Gasteiger partial charge in [-0.05, 0) is 29.3 Å². The number of hydrogen-bond donors (Lipinski definition) is 2. The Kier molecular flexibility index (Phi) is 6.51. The zero-order valence-corrected chi connectivity index (χ0v) is 14.2. The maximum atomic E-state index is 13.2. The molecule has 0 aliphatic carbocycles. The van der Waals surface area contributed by atoms with Gasteiger partial charge in [-0.1, -0.05) is 24.3 Å². The van der Waals surface area contributed by atoms with Gasteiger partial charge in [0.05, 0.1) is 12.2 Å². The lowest BCUT2D eigenvalue weighted by molar-refractivity contribution is -0.140. The summed E-state index contributed by atoms with van der Waals surface area (Å²) in [6.07, 6.45) is -4.91. The van der Waals surface area contributed by atoms with Gasteiger partial charge < -0.3 is 15.4 Å². The third kappa shape index (κ3) is 5.78. The summed E-state index contributed by atoms with van der Waals surface area (Å²) in [5, 5.41) is 4.36. The number of anilines is 1. The number of nitrogens with one attached hydrogen (secondary N) is 2. The first-order valence-electron chi connectivity index (χ1n) is 7.73. The highest BCUT2D eigenvalue weighted by Crippen LogP contribution is 2.32. The molecule has 5 nitrogen and oxygen atoms in total. The molecule has 0 aliphatic rings. The molecule has 2 aromatic rings. The summed E-state index contributed by atoms with van der Waals surface area (Å²) < 4.78 is 56.2. The number of hydrogen-bond acceptors (Lipinski definition) is 3. The first-order valence-corrected chi connectivity index (χ1v) is 7.73. The molecule has 2 rings (SSSR count). The Morgan fingerprint density at radius 3 is 2.22 bits per heavy atom. The van der Waals surface area contributed by atoms with E-state index in [0.717, 1.165) is 17.2 Å². The van der Waals surface area contributed by atoms with Crippen LogP contribution in [-0.2, 0) is 33.7 Å². The summed E-state index contributed by atoms with van der Waals surface area (Å²) in [6.45, 7) is 0.489. The molecule has 144 valence electrons. The summed E-state index contributed by atoms with van der Waals surface area (Å²) in [5.41, 5.74) is -0.219. The van der Waals surface area contributed by atoms with Crippen LogP contribution in [0.3, 0.4) is 0 Å². The number of benzene rings is 2. The van der Waals surface area contributed by atoms with Crippen LogP contribution in [0.5, 0.6) is 0 Å². The van der Waals surface area contributed by atoms with E-state index in [4.69, 9.17) is 4.74 Å². The summed E-state index contributed by atoms with van der Waals surface area (Å²) in [7, 11) is 1.56. The van der Waals surface area contributed by atoms with Gasteiger partial charge in [0.25, 0.3) is 0 Å². The minimum atomic E-state index is -4.91. The summed E-state index contributed by atoms with van der Waals surface area (Å²) in [5.74, 6) is -3.67. The Hall–Kier alpha value is -2.94. The molecule has 0 atom stereocenters. The molecule has 0 saturated carbocycles. The molecule has 0 spiro atoms. The molecular formula is C18H16F4N2O3. The van der Waals surface area contributed by atoms with E-state index < -0.39 is 29.4 Å². The molecule has 2 aromatic carbocycles. The molecular weight excluding hydrogens is 368 g/mol. The molecule has 27 heavy (non-hydrogen) atoms. The van der Waals surface area contributed by atoms with E-state index in [1.54, 1.807) is 31.4 Å². The number of carbonyl (C=O) groups excluding carboxylic acids is 2. The largest absolute Gasteiger partial charge is 0.419 e. The van der Waals surface area contributed by atoms with Gasteiger partial charge in [0, 0.05) is 19.3 Å². The third-order valence-corrected chi connectivity index (χ3v) is 3.52. The smallest absolute Gasteiger partial charge is 0.380 e. The average Bonchev–Trinajstić information content (AvgIpc) is 2.61. The number of methoxy groups -OCH3 is 1. The quantitative estimate of drug-likeness (QED) is 0.614. The second-order valence-corrected chi connectivity index (χ2v) is 5.58. The van der Waals surface area contributed by atoms with Crippen molar-refractivity contribution in [2.24, 2.45) is 0 Å². The van der Waals surface area contributed by atoms with Crippen LogP contribution in [0, 0.1) is 5.82 Å². The van der Waals surface area contributed by atoms with Crippen molar-refractivity contribution in [3.05, 3.63) is 65.0 Å². The Labute approximate surface area is 152 Å². The van der Waals surface area contributed by atoms with E-state index in [1.165, 1.54) is 0 Å². The van der Waals surface area contributed by atoms with E-state index in [-0.39, 0.29) is 12.2 Å². The van der Waals surface area contributed by atoms with Crippen molar-refractivity contribution in [3.8, 4) is 0 Å². The number of carbonyl (C=O) groups is 2. The second kappa shape index (κ2) is 8.63. The van der Waals surface area contributed by atoms with Gasteiger partial charge >= 0.3 is 18.0 Å². The van der Waals surface area contributed by atoms with Gasteiger partial charge in [0.15, 0.2) is 0 Å². The third-order valence-electron chi connectivity index (χ3n) is 3.52. The monoisotopic (exact) mass is 384 g/mol. The van der Waals surface area contributed by atoms with E-state index >= 15 is 0 Å². The van der Waals surface area contributed by atoms with Gasteiger partial charge in [-0.3, -0.25) is 9.59 Å². The predicted octanol–water partition coefficient (Wildman–Crippen LogP) is 3.25. The van der Waals surface area contributed by atoms with Crippen molar-refractivity contribution in [1.82, 2.24) is 5.32 Å². The van der Waals surface area contributed by atoms with Crippen LogP contribution in [0.1, 0.15) is 16.7 Å². The SMILES string of the molecule is COCc1ccc(CNC(=O)C(=O)Nc2ccc(F)c(C(F)(F)F)c2)cc1. The maximum Gasteiger partial charge on any atom is 0.419 e. The minimum absolute atomic E-state index is 0.0523. The highest BCUT2D eigenvalue weighted by Gasteiger charge is 2.34. The number of amides is 2. The van der Waals surface area contributed by atoms with Crippen molar-refractivity contribution >= 4 is 17.5 Å². The highest BCUT2D eigenvalue weighted by molar-refractivity contribution is 6.39. The Balaban J connectivity index is 1.95. The number of alkyl halides is 3. The van der Waals surface area contributed by atoms with Crippen molar-refractivity contribution in [2.45, 2.75) is 19.3 Å². The first kappa shape index (κ1) is 20.4. The topological polar surface area (TPSA) is 67.4 Å². The number of halogens is 4. The van der Waals surface area contributed by atoms with Crippen LogP contribution in [0.25, 0.3) is 0 Å². The molecule has 9 heteroatoms.